The van der Waals surface area contributed by atoms with Crippen LogP contribution in [0, 0.1) is 11.8 Å². The third-order valence-electron chi connectivity index (χ3n) is 2.92. The van der Waals surface area contributed by atoms with Gasteiger partial charge in [-0.3, -0.25) is 0 Å². The van der Waals surface area contributed by atoms with Crippen molar-refractivity contribution in [2.75, 3.05) is 13.2 Å². The van der Waals surface area contributed by atoms with Crippen LogP contribution in [-0.4, -0.2) is 24.3 Å². The van der Waals surface area contributed by atoms with Gasteiger partial charge in [-0.2, -0.15) is 0 Å². The Balaban J connectivity index is 2.32. The van der Waals surface area contributed by atoms with E-state index in [1.54, 1.807) is 0 Å². The zero-order valence-electron chi connectivity index (χ0n) is 7.51. The van der Waals surface area contributed by atoms with E-state index in [1.165, 1.54) is 12.8 Å². The molecule has 11 heavy (non-hydrogen) atoms. The van der Waals surface area contributed by atoms with Crippen molar-refractivity contribution in [2.24, 2.45) is 11.8 Å². The second-order valence-corrected chi connectivity index (χ2v) is 3.72. The summed E-state index contributed by atoms with van der Waals surface area (Å²) in [6.07, 6.45) is 2.58. The monoisotopic (exact) mass is 157 g/mol. The van der Waals surface area contributed by atoms with E-state index in [1.807, 2.05) is 0 Å². The summed E-state index contributed by atoms with van der Waals surface area (Å²) in [5.74, 6) is 1.05. The summed E-state index contributed by atoms with van der Waals surface area (Å²) in [6, 6.07) is 0.650. The van der Waals surface area contributed by atoms with Gasteiger partial charge in [-0.25, -0.2) is 0 Å². The van der Waals surface area contributed by atoms with Gasteiger partial charge in [0, 0.05) is 12.6 Å². The van der Waals surface area contributed by atoms with Crippen molar-refractivity contribution in [3.05, 3.63) is 0 Å². The molecule has 1 aliphatic rings. The standard InChI is InChI=1S/C9H19NO/c1-7(6-11)8(2)9-4-3-5-10-9/h7-11H,3-6H2,1-2H3/t7-,8-,9-/m0/s1. The first-order chi connectivity index (χ1) is 5.25. The first-order valence-corrected chi connectivity index (χ1v) is 4.60. The zero-order chi connectivity index (χ0) is 8.27. The first-order valence-electron chi connectivity index (χ1n) is 4.60. The average molecular weight is 157 g/mol. The molecule has 0 aliphatic carbocycles. The quantitative estimate of drug-likeness (QED) is 0.640. The van der Waals surface area contributed by atoms with Gasteiger partial charge in [0.05, 0.1) is 0 Å². The van der Waals surface area contributed by atoms with Gasteiger partial charge in [-0.15, -0.1) is 0 Å². The lowest BCUT2D eigenvalue weighted by Gasteiger charge is -2.24. The lowest BCUT2D eigenvalue weighted by atomic mass is 9.89. The largest absolute Gasteiger partial charge is 0.396 e. The van der Waals surface area contributed by atoms with E-state index in [-0.39, 0.29) is 0 Å². The van der Waals surface area contributed by atoms with Crippen LogP contribution in [0.15, 0.2) is 0 Å². The maximum atomic E-state index is 8.94. The molecule has 0 aromatic rings. The fraction of sp³-hybridized carbons (Fsp3) is 1.00. The molecule has 1 rings (SSSR count). The van der Waals surface area contributed by atoms with Crippen molar-refractivity contribution in [3.8, 4) is 0 Å². The highest BCUT2D eigenvalue weighted by molar-refractivity contribution is 4.81. The molecule has 1 fully saturated rings. The smallest absolute Gasteiger partial charge is 0.0459 e. The molecule has 1 aliphatic heterocycles. The normalized spacial score (nSPS) is 30.3. The number of aliphatic hydroxyl groups excluding tert-OH is 1. The summed E-state index contributed by atoms with van der Waals surface area (Å²) >= 11 is 0. The Bertz CT molecular complexity index is 110. The van der Waals surface area contributed by atoms with Crippen LogP contribution in [0.25, 0.3) is 0 Å². The number of nitrogens with one attached hydrogen (secondary N) is 1. The molecule has 0 bridgehead atoms. The highest BCUT2D eigenvalue weighted by Crippen LogP contribution is 2.21. The molecule has 0 saturated carbocycles. The molecule has 1 saturated heterocycles. The zero-order valence-corrected chi connectivity index (χ0v) is 7.51. The van der Waals surface area contributed by atoms with Crippen LogP contribution < -0.4 is 5.32 Å². The van der Waals surface area contributed by atoms with Gasteiger partial charge < -0.3 is 10.4 Å². The summed E-state index contributed by atoms with van der Waals surface area (Å²) in [5.41, 5.74) is 0. The highest BCUT2D eigenvalue weighted by Gasteiger charge is 2.24. The van der Waals surface area contributed by atoms with E-state index in [0.717, 1.165) is 6.54 Å². The van der Waals surface area contributed by atoms with Crippen molar-refractivity contribution < 1.29 is 5.11 Å². The summed E-state index contributed by atoms with van der Waals surface area (Å²) in [5, 5.41) is 12.4. The molecule has 0 radical (unpaired) electrons. The molecule has 0 aromatic heterocycles. The van der Waals surface area contributed by atoms with Gasteiger partial charge in [0.15, 0.2) is 0 Å². The van der Waals surface area contributed by atoms with Gasteiger partial charge in [-0.05, 0) is 31.2 Å². The summed E-state index contributed by atoms with van der Waals surface area (Å²) in [4.78, 5) is 0. The van der Waals surface area contributed by atoms with Crippen LogP contribution in [0.5, 0.6) is 0 Å². The molecule has 3 atom stereocenters. The van der Waals surface area contributed by atoms with Crippen LogP contribution in [0.1, 0.15) is 26.7 Å². The van der Waals surface area contributed by atoms with Crippen molar-refractivity contribution in [1.29, 1.82) is 0 Å². The second kappa shape index (κ2) is 4.07. The van der Waals surface area contributed by atoms with Gasteiger partial charge >= 0.3 is 0 Å². The van der Waals surface area contributed by atoms with Crippen molar-refractivity contribution in [1.82, 2.24) is 5.32 Å². The minimum atomic E-state index is 0.319. The van der Waals surface area contributed by atoms with E-state index >= 15 is 0 Å². The molecule has 0 spiro atoms. The molecule has 1 heterocycles. The maximum absolute atomic E-state index is 8.94. The molecular weight excluding hydrogens is 138 g/mol. The highest BCUT2D eigenvalue weighted by atomic mass is 16.3. The lowest BCUT2D eigenvalue weighted by Crippen LogP contribution is -2.33. The minimum Gasteiger partial charge on any atom is -0.396 e. The van der Waals surface area contributed by atoms with Gasteiger partial charge in [-0.1, -0.05) is 13.8 Å². The second-order valence-electron chi connectivity index (χ2n) is 3.72. The molecular formula is C9H19NO. The fourth-order valence-corrected chi connectivity index (χ4v) is 1.72. The molecule has 66 valence electrons. The van der Waals surface area contributed by atoms with E-state index in [2.05, 4.69) is 19.2 Å². The van der Waals surface area contributed by atoms with Crippen molar-refractivity contribution in [3.63, 3.8) is 0 Å². The Hall–Kier alpha value is -0.0800. The third-order valence-corrected chi connectivity index (χ3v) is 2.92. The van der Waals surface area contributed by atoms with E-state index in [9.17, 15) is 0 Å². The molecule has 0 amide bonds. The predicted octanol–water partition coefficient (Wildman–Crippen LogP) is 1.00. The van der Waals surface area contributed by atoms with E-state index in [0.29, 0.717) is 24.5 Å². The maximum Gasteiger partial charge on any atom is 0.0459 e. The summed E-state index contributed by atoms with van der Waals surface area (Å²) in [6.45, 7) is 5.82. The predicted molar refractivity (Wildman–Crippen MR) is 46.4 cm³/mol. The molecule has 0 unspecified atom stereocenters. The van der Waals surface area contributed by atoms with Crippen molar-refractivity contribution >= 4 is 0 Å². The first kappa shape index (κ1) is 9.01. The van der Waals surface area contributed by atoms with Gasteiger partial charge in [0.1, 0.15) is 0 Å². The molecule has 2 N–H and O–H groups in total. The third kappa shape index (κ3) is 2.17. The summed E-state index contributed by atoms with van der Waals surface area (Å²) in [7, 11) is 0. The number of hydrogen-bond donors (Lipinski definition) is 2. The Morgan fingerprint density at radius 2 is 2.27 bits per heavy atom. The van der Waals surface area contributed by atoms with Crippen LogP contribution in [0.3, 0.4) is 0 Å². The van der Waals surface area contributed by atoms with Crippen LogP contribution >= 0.6 is 0 Å². The number of rotatable bonds is 3. The topological polar surface area (TPSA) is 32.3 Å². The Labute approximate surface area is 69.0 Å². The van der Waals surface area contributed by atoms with Crippen LogP contribution in [-0.2, 0) is 0 Å². The number of hydrogen-bond acceptors (Lipinski definition) is 2. The van der Waals surface area contributed by atoms with Gasteiger partial charge in [0.25, 0.3) is 0 Å². The van der Waals surface area contributed by atoms with Crippen LogP contribution in [0.2, 0.25) is 0 Å². The van der Waals surface area contributed by atoms with E-state index in [4.69, 9.17) is 5.11 Å². The minimum absolute atomic E-state index is 0.319. The fourth-order valence-electron chi connectivity index (χ4n) is 1.72. The molecule has 2 nitrogen and oxygen atoms in total. The lowest BCUT2D eigenvalue weighted by molar-refractivity contribution is 0.175. The Kier molecular flexibility index (Phi) is 3.34. The molecule has 0 aromatic carbocycles. The van der Waals surface area contributed by atoms with Gasteiger partial charge in [0.2, 0.25) is 0 Å². The Morgan fingerprint density at radius 3 is 2.73 bits per heavy atom. The Morgan fingerprint density at radius 1 is 1.55 bits per heavy atom. The van der Waals surface area contributed by atoms with Crippen molar-refractivity contribution in [2.45, 2.75) is 32.7 Å². The SMILES string of the molecule is C[C@H]([C@@H]1CCCN1)[C@@H](C)CO. The van der Waals surface area contributed by atoms with E-state index < -0.39 is 0 Å². The van der Waals surface area contributed by atoms with Crippen LogP contribution in [0.4, 0.5) is 0 Å². The molecule has 2 heteroatoms. The number of aliphatic hydroxyl groups is 1. The summed E-state index contributed by atoms with van der Waals surface area (Å²) < 4.78 is 0. The average Bonchev–Trinajstić information content (AvgIpc) is 2.53.